The van der Waals surface area contributed by atoms with Crippen LogP contribution in [-0.4, -0.2) is 31.8 Å². The molecule has 0 fully saturated rings. The van der Waals surface area contributed by atoms with E-state index in [4.69, 9.17) is 0 Å². The zero-order valence-corrected chi connectivity index (χ0v) is 15.6. The molecule has 0 saturated carbocycles. The van der Waals surface area contributed by atoms with Gasteiger partial charge in [-0.3, -0.25) is 15.4 Å². The summed E-state index contributed by atoms with van der Waals surface area (Å²) in [6.45, 7) is 8.81. The van der Waals surface area contributed by atoms with Crippen LogP contribution in [0.15, 0.2) is 36.5 Å². The summed E-state index contributed by atoms with van der Waals surface area (Å²) in [6.07, 6.45) is 6.01. The molecule has 0 aromatic heterocycles. The Labute approximate surface area is 151 Å². The molecule has 2 unspecified atom stereocenters. The minimum Gasteiger partial charge on any atom is -0.364 e. The summed E-state index contributed by atoms with van der Waals surface area (Å²) in [6, 6.07) is 8.30. The van der Waals surface area contributed by atoms with Gasteiger partial charge in [-0.15, -0.1) is 0 Å². The second kappa shape index (κ2) is 10.2. The summed E-state index contributed by atoms with van der Waals surface area (Å²) < 4.78 is 0. The quantitative estimate of drug-likeness (QED) is 0.518. The third kappa shape index (κ3) is 6.52. The van der Waals surface area contributed by atoms with Gasteiger partial charge >= 0.3 is 0 Å². The maximum Gasteiger partial charge on any atom is 0.227 e. The third-order valence-corrected chi connectivity index (χ3v) is 4.36. The van der Waals surface area contributed by atoms with Crippen molar-refractivity contribution < 1.29 is 4.79 Å². The molecule has 0 spiro atoms. The largest absolute Gasteiger partial charge is 0.364 e. The van der Waals surface area contributed by atoms with Gasteiger partial charge in [0.05, 0.1) is 5.92 Å². The van der Waals surface area contributed by atoms with Crippen molar-refractivity contribution in [1.82, 2.24) is 21.3 Å². The number of carbonyl (C=O) groups excluding carboxylic acids is 1. The zero-order chi connectivity index (χ0) is 18.1. The molecule has 25 heavy (non-hydrogen) atoms. The van der Waals surface area contributed by atoms with Gasteiger partial charge in [-0.05, 0) is 49.6 Å². The maximum absolute atomic E-state index is 12.5. The van der Waals surface area contributed by atoms with Crippen molar-refractivity contribution in [3.8, 4) is 0 Å². The fourth-order valence-corrected chi connectivity index (χ4v) is 3.02. The molecule has 2 rings (SSSR count). The lowest BCUT2D eigenvalue weighted by molar-refractivity contribution is -0.122. The normalized spacial score (nSPS) is 18.0. The molecular weight excluding hydrogens is 312 g/mol. The monoisotopic (exact) mass is 344 g/mol. The molecular formula is C20H32N4O. The van der Waals surface area contributed by atoms with Crippen LogP contribution in [0.1, 0.15) is 44.2 Å². The average Bonchev–Trinajstić information content (AvgIpc) is 2.61. The number of carbonyl (C=O) groups is 1. The highest BCUT2D eigenvalue weighted by Gasteiger charge is 2.18. The number of nitrogens with one attached hydrogen (secondary N) is 4. The van der Waals surface area contributed by atoms with E-state index in [0.717, 1.165) is 31.5 Å². The molecule has 0 aliphatic carbocycles. The van der Waals surface area contributed by atoms with Crippen molar-refractivity contribution >= 4 is 5.91 Å². The Kier molecular flexibility index (Phi) is 7.95. The Morgan fingerprint density at radius 2 is 2.04 bits per heavy atom. The van der Waals surface area contributed by atoms with Crippen LogP contribution in [-0.2, 0) is 11.2 Å². The summed E-state index contributed by atoms with van der Waals surface area (Å²) in [5, 5.41) is 12.9. The SMILES string of the molecule is CC(C)Cc1ccccc1C(C)C(=O)NCCCNC1NC=CCN1. The molecule has 0 bridgehead atoms. The minimum absolute atomic E-state index is 0.105. The summed E-state index contributed by atoms with van der Waals surface area (Å²) in [5.74, 6) is 0.571. The van der Waals surface area contributed by atoms with Gasteiger partial charge in [-0.1, -0.05) is 44.2 Å². The fourth-order valence-electron chi connectivity index (χ4n) is 3.02. The minimum atomic E-state index is -0.116. The van der Waals surface area contributed by atoms with E-state index in [-0.39, 0.29) is 18.1 Å². The van der Waals surface area contributed by atoms with Crippen molar-refractivity contribution in [2.24, 2.45) is 5.92 Å². The molecule has 1 aliphatic heterocycles. The maximum atomic E-state index is 12.5. The van der Waals surface area contributed by atoms with Crippen LogP contribution >= 0.6 is 0 Å². The van der Waals surface area contributed by atoms with Gasteiger partial charge in [0.15, 0.2) is 0 Å². The van der Waals surface area contributed by atoms with E-state index >= 15 is 0 Å². The second-order valence-corrected chi connectivity index (χ2v) is 7.03. The Balaban J connectivity index is 1.74. The molecule has 1 heterocycles. The van der Waals surface area contributed by atoms with Gasteiger partial charge in [0.1, 0.15) is 6.29 Å². The first-order valence-corrected chi connectivity index (χ1v) is 9.31. The van der Waals surface area contributed by atoms with Crippen LogP contribution in [0.25, 0.3) is 0 Å². The van der Waals surface area contributed by atoms with Crippen molar-refractivity contribution in [3.63, 3.8) is 0 Å². The van der Waals surface area contributed by atoms with E-state index in [9.17, 15) is 4.79 Å². The van der Waals surface area contributed by atoms with Gasteiger partial charge in [-0.2, -0.15) is 0 Å². The first-order valence-electron chi connectivity index (χ1n) is 9.31. The molecule has 5 heteroatoms. The van der Waals surface area contributed by atoms with Crippen LogP contribution in [0.4, 0.5) is 0 Å². The van der Waals surface area contributed by atoms with E-state index in [1.165, 1.54) is 5.56 Å². The Morgan fingerprint density at radius 1 is 1.24 bits per heavy atom. The Morgan fingerprint density at radius 3 is 2.76 bits per heavy atom. The number of hydrogen-bond acceptors (Lipinski definition) is 4. The van der Waals surface area contributed by atoms with Crippen molar-refractivity contribution in [2.45, 2.75) is 45.8 Å². The van der Waals surface area contributed by atoms with E-state index in [1.54, 1.807) is 0 Å². The summed E-state index contributed by atoms with van der Waals surface area (Å²) >= 11 is 0. The predicted octanol–water partition coefficient (Wildman–Crippen LogP) is 2.07. The van der Waals surface area contributed by atoms with Crippen LogP contribution in [0, 0.1) is 5.92 Å². The van der Waals surface area contributed by atoms with Gasteiger partial charge in [0.25, 0.3) is 0 Å². The molecule has 0 radical (unpaired) electrons. The molecule has 2 atom stereocenters. The lowest BCUT2D eigenvalue weighted by Crippen LogP contribution is -2.53. The topological polar surface area (TPSA) is 65.2 Å². The molecule has 4 N–H and O–H groups in total. The number of rotatable bonds is 9. The first kappa shape index (κ1) is 19.5. The molecule has 1 aliphatic rings. The third-order valence-electron chi connectivity index (χ3n) is 4.36. The molecule has 1 amide bonds. The van der Waals surface area contributed by atoms with Crippen LogP contribution < -0.4 is 21.3 Å². The van der Waals surface area contributed by atoms with Gasteiger partial charge in [0, 0.05) is 13.1 Å². The molecule has 138 valence electrons. The number of hydrogen-bond donors (Lipinski definition) is 4. The smallest absolute Gasteiger partial charge is 0.227 e. The molecule has 0 saturated heterocycles. The summed E-state index contributed by atoms with van der Waals surface area (Å²) in [7, 11) is 0. The van der Waals surface area contributed by atoms with E-state index < -0.39 is 0 Å². The standard InChI is InChI=1S/C20H32N4O/c1-15(2)14-17-8-4-5-9-18(17)16(3)19(25)21-10-6-11-22-20-23-12-7-13-24-20/h4-5,7-9,12,15-16,20,22-24H,6,10-11,13-14H2,1-3H3,(H,21,25). The molecule has 1 aromatic carbocycles. The van der Waals surface area contributed by atoms with Crippen LogP contribution in [0.5, 0.6) is 0 Å². The second-order valence-electron chi connectivity index (χ2n) is 7.03. The predicted molar refractivity (Wildman–Crippen MR) is 103 cm³/mol. The van der Waals surface area contributed by atoms with E-state index in [0.29, 0.717) is 12.5 Å². The lowest BCUT2D eigenvalue weighted by Gasteiger charge is -2.23. The number of amides is 1. The van der Waals surface area contributed by atoms with Crippen LogP contribution in [0.2, 0.25) is 0 Å². The molecule has 1 aromatic rings. The lowest BCUT2D eigenvalue weighted by atomic mass is 9.90. The average molecular weight is 345 g/mol. The first-order chi connectivity index (χ1) is 12.1. The van der Waals surface area contributed by atoms with Crippen molar-refractivity contribution in [3.05, 3.63) is 47.7 Å². The Hall–Kier alpha value is -1.85. The molecule has 5 nitrogen and oxygen atoms in total. The highest BCUT2D eigenvalue weighted by atomic mass is 16.1. The summed E-state index contributed by atoms with van der Waals surface area (Å²) in [5.41, 5.74) is 2.43. The zero-order valence-electron chi connectivity index (χ0n) is 15.6. The van der Waals surface area contributed by atoms with Gasteiger partial charge in [0.2, 0.25) is 5.91 Å². The van der Waals surface area contributed by atoms with E-state index in [1.807, 2.05) is 25.3 Å². The van der Waals surface area contributed by atoms with Gasteiger partial charge in [-0.25, -0.2) is 0 Å². The fraction of sp³-hybridized carbons (Fsp3) is 0.550. The highest BCUT2D eigenvalue weighted by Crippen LogP contribution is 2.22. The summed E-state index contributed by atoms with van der Waals surface area (Å²) in [4.78, 5) is 12.5. The van der Waals surface area contributed by atoms with Crippen LogP contribution in [0.3, 0.4) is 0 Å². The Bertz CT molecular complexity index is 571. The van der Waals surface area contributed by atoms with Crippen molar-refractivity contribution in [1.29, 1.82) is 0 Å². The van der Waals surface area contributed by atoms with Gasteiger partial charge < -0.3 is 10.6 Å². The number of benzene rings is 1. The van der Waals surface area contributed by atoms with Crippen molar-refractivity contribution in [2.75, 3.05) is 19.6 Å². The highest BCUT2D eigenvalue weighted by molar-refractivity contribution is 5.83. The van der Waals surface area contributed by atoms with E-state index in [2.05, 4.69) is 53.3 Å².